The molecule has 2 atom stereocenters. The van der Waals surface area contributed by atoms with Crippen LogP contribution >= 0.6 is 15.9 Å². The third-order valence-electron chi connectivity index (χ3n) is 4.93. The van der Waals surface area contributed by atoms with Crippen molar-refractivity contribution < 1.29 is 9.15 Å². The highest BCUT2D eigenvalue weighted by molar-refractivity contribution is 9.10. The van der Waals surface area contributed by atoms with Crippen molar-refractivity contribution >= 4 is 32.7 Å². The molecule has 0 amide bonds. The van der Waals surface area contributed by atoms with Gasteiger partial charge in [0.25, 0.3) is 0 Å². The molecule has 2 aromatic rings. The Hall–Kier alpha value is -1.62. The minimum atomic E-state index is 0.304. The van der Waals surface area contributed by atoms with Crippen LogP contribution in [0.2, 0.25) is 0 Å². The number of nitrogens with one attached hydrogen (secondary N) is 1. The van der Waals surface area contributed by atoms with Crippen LogP contribution in [-0.2, 0) is 4.74 Å². The topological polar surface area (TPSA) is 74.3 Å². The zero-order valence-electron chi connectivity index (χ0n) is 13.3. The average molecular weight is 391 g/mol. The molecule has 2 aliphatic rings. The van der Waals surface area contributed by atoms with Crippen LogP contribution in [0, 0.1) is 11.3 Å². The van der Waals surface area contributed by atoms with E-state index >= 15 is 0 Å². The summed E-state index contributed by atoms with van der Waals surface area (Å²) in [7, 11) is 0. The molecule has 2 aromatic heterocycles. The van der Waals surface area contributed by atoms with Gasteiger partial charge in [-0.25, -0.2) is 4.98 Å². The van der Waals surface area contributed by atoms with E-state index in [0.717, 1.165) is 54.8 Å². The summed E-state index contributed by atoms with van der Waals surface area (Å²) in [6, 6.07) is 4.82. The fourth-order valence-corrected chi connectivity index (χ4v) is 4.22. The van der Waals surface area contributed by atoms with E-state index in [1.807, 2.05) is 6.07 Å². The van der Waals surface area contributed by atoms with Crippen molar-refractivity contribution in [2.75, 3.05) is 31.6 Å². The Balaban J connectivity index is 1.46. The van der Waals surface area contributed by atoms with E-state index in [4.69, 9.17) is 14.4 Å². The van der Waals surface area contributed by atoms with Gasteiger partial charge in [-0.3, -0.25) is 4.90 Å². The Morgan fingerprint density at radius 2 is 2.17 bits per heavy atom. The SMILES string of the molecule is N#Cc1cc2c(Br)c(N[C@@H]3CC[C@@H](N4CCOCC4)C3)ncc2o1. The van der Waals surface area contributed by atoms with Crippen LogP contribution in [0.3, 0.4) is 0 Å². The predicted molar refractivity (Wildman–Crippen MR) is 93.9 cm³/mol. The fraction of sp³-hybridized carbons (Fsp3) is 0.529. The van der Waals surface area contributed by atoms with E-state index in [2.05, 4.69) is 31.1 Å². The van der Waals surface area contributed by atoms with Gasteiger partial charge in [-0.2, -0.15) is 5.26 Å². The van der Waals surface area contributed by atoms with Gasteiger partial charge >= 0.3 is 0 Å². The molecule has 3 heterocycles. The van der Waals surface area contributed by atoms with Crippen LogP contribution in [0.1, 0.15) is 25.0 Å². The summed E-state index contributed by atoms with van der Waals surface area (Å²) < 4.78 is 11.7. The van der Waals surface area contributed by atoms with Gasteiger partial charge < -0.3 is 14.5 Å². The predicted octanol–water partition coefficient (Wildman–Crippen LogP) is 3.13. The zero-order valence-corrected chi connectivity index (χ0v) is 14.9. The molecule has 7 heteroatoms. The average Bonchev–Trinajstić information content (AvgIpc) is 3.25. The maximum Gasteiger partial charge on any atom is 0.204 e. The van der Waals surface area contributed by atoms with Gasteiger partial charge in [0.2, 0.25) is 5.76 Å². The summed E-state index contributed by atoms with van der Waals surface area (Å²) in [4.78, 5) is 7.01. The monoisotopic (exact) mass is 390 g/mol. The third kappa shape index (κ3) is 3.02. The first-order valence-electron chi connectivity index (χ1n) is 8.31. The Kier molecular flexibility index (Phi) is 4.44. The quantitative estimate of drug-likeness (QED) is 0.867. The van der Waals surface area contributed by atoms with E-state index in [9.17, 15) is 0 Å². The lowest BCUT2D eigenvalue weighted by atomic mass is 10.2. The summed E-state index contributed by atoms with van der Waals surface area (Å²) in [5.41, 5.74) is 0.626. The normalized spacial score (nSPS) is 25.0. The first-order valence-corrected chi connectivity index (χ1v) is 9.10. The van der Waals surface area contributed by atoms with Crippen molar-refractivity contribution in [1.82, 2.24) is 9.88 Å². The van der Waals surface area contributed by atoms with Gasteiger partial charge in [-0.15, -0.1) is 0 Å². The molecular formula is C17H19BrN4O2. The molecule has 6 nitrogen and oxygen atoms in total. The van der Waals surface area contributed by atoms with E-state index in [1.165, 1.54) is 6.42 Å². The molecule has 0 spiro atoms. The molecule has 4 rings (SSSR count). The number of hydrogen-bond donors (Lipinski definition) is 1. The van der Waals surface area contributed by atoms with E-state index in [-0.39, 0.29) is 0 Å². The van der Waals surface area contributed by atoms with Crippen molar-refractivity contribution in [3.8, 4) is 6.07 Å². The number of anilines is 1. The lowest BCUT2D eigenvalue weighted by molar-refractivity contribution is 0.0179. The number of halogens is 1. The molecule has 1 aliphatic carbocycles. The number of pyridine rings is 1. The molecule has 1 saturated carbocycles. The van der Waals surface area contributed by atoms with Crippen LogP contribution in [0.4, 0.5) is 5.82 Å². The third-order valence-corrected chi connectivity index (χ3v) is 5.74. The molecule has 1 aliphatic heterocycles. The molecule has 126 valence electrons. The zero-order chi connectivity index (χ0) is 16.5. The first-order chi connectivity index (χ1) is 11.7. The highest BCUT2D eigenvalue weighted by Gasteiger charge is 2.30. The van der Waals surface area contributed by atoms with Crippen molar-refractivity contribution in [3.63, 3.8) is 0 Å². The Labute approximate surface area is 148 Å². The van der Waals surface area contributed by atoms with Gasteiger partial charge in [0.1, 0.15) is 11.9 Å². The largest absolute Gasteiger partial charge is 0.444 e. The van der Waals surface area contributed by atoms with E-state index < -0.39 is 0 Å². The minimum Gasteiger partial charge on any atom is -0.444 e. The number of aromatic nitrogens is 1. The van der Waals surface area contributed by atoms with Gasteiger partial charge in [-0.1, -0.05) is 0 Å². The molecule has 1 N–H and O–H groups in total. The number of nitriles is 1. The Morgan fingerprint density at radius 3 is 2.96 bits per heavy atom. The van der Waals surface area contributed by atoms with Crippen molar-refractivity contribution in [2.45, 2.75) is 31.3 Å². The maximum absolute atomic E-state index is 8.97. The van der Waals surface area contributed by atoms with Crippen molar-refractivity contribution in [1.29, 1.82) is 5.26 Å². The summed E-state index contributed by atoms with van der Waals surface area (Å²) >= 11 is 3.60. The van der Waals surface area contributed by atoms with Gasteiger partial charge in [-0.05, 0) is 35.2 Å². The van der Waals surface area contributed by atoms with Crippen molar-refractivity contribution in [2.24, 2.45) is 0 Å². The number of nitrogens with zero attached hydrogens (tertiary/aromatic N) is 3. The first kappa shape index (κ1) is 15.9. The molecule has 0 bridgehead atoms. The maximum atomic E-state index is 8.97. The standard InChI is InChI=1S/C17H19BrN4O2/c18-16-14-8-13(9-19)24-15(14)10-20-17(16)21-11-1-2-12(7-11)22-3-5-23-6-4-22/h8,10-12H,1-7H2,(H,20,21)/t11-,12-/m1/s1. The van der Waals surface area contributed by atoms with Crippen LogP contribution < -0.4 is 5.32 Å². The van der Waals surface area contributed by atoms with E-state index in [0.29, 0.717) is 23.4 Å². The van der Waals surface area contributed by atoms with Crippen molar-refractivity contribution in [3.05, 3.63) is 22.5 Å². The molecular weight excluding hydrogens is 372 g/mol. The van der Waals surface area contributed by atoms with Crippen LogP contribution in [-0.4, -0.2) is 48.3 Å². The Bertz CT molecular complexity index is 779. The minimum absolute atomic E-state index is 0.304. The summed E-state index contributed by atoms with van der Waals surface area (Å²) in [5, 5.41) is 13.4. The second-order valence-corrected chi connectivity index (χ2v) is 7.17. The lowest BCUT2D eigenvalue weighted by Gasteiger charge is -2.32. The number of hydrogen-bond acceptors (Lipinski definition) is 6. The lowest BCUT2D eigenvalue weighted by Crippen LogP contribution is -2.42. The van der Waals surface area contributed by atoms with Crippen LogP contribution in [0.25, 0.3) is 11.0 Å². The molecule has 24 heavy (non-hydrogen) atoms. The molecule has 0 aromatic carbocycles. The van der Waals surface area contributed by atoms with Gasteiger partial charge in [0, 0.05) is 36.6 Å². The summed E-state index contributed by atoms with van der Waals surface area (Å²) in [5.74, 6) is 1.12. The number of fused-ring (bicyclic) bond motifs is 1. The number of morpholine rings is 1. The van der Waals surface area contributed by atoms with Gasteiger partial charge in [0.15, 0.2) is 5.58 Å². The highest BCUT2D eigenvalue weighted by atomic mass is 79.9. The Morgan fingerprint density at radius 1 is 1.33 bits per heavy atom. The fourth-order valence-electron chi connectivity index (χ4n) is 3.69. The smallest absolute Gasteiger partial charge is 0.204 e. The summed E-state index contributed by atoms with van der Waals surface area (Å²) in [6.45, 7) is 3.77. The van der Waals surface area contributed by atoms with Gasteiger partial charge in [0.05, 0.1) is 23.9 Å². The second-order valence-electron chi connectivity index (χ2n) is 6.38. The molecule has 1 saturated heterocycles. The number of furan rings is 1. The molecule has 0 radical (unpaired) electrons. The second kappa shape index (κ2) is 6.71. The highest BCUT2D eigenvalue weighted by Crippen LogP contribution is 2.34. The van der Waals surface area contributed by atoms with Crippen LogP contribution in [0.15, 0.2) is 21.2 Å². The number of ether oxygens (including phenoxy) is 1. The van der Waals surface area contributed by atoms with Crippen LogP contribution in [0.5, 0.6) is 0 Å². The summed E-state index contributed by atoms with van der Waals surface area (Å²) in [6.07, 6.45) is 5.16. The number of rotatable bonds is 3. The molecule has 2 fully saturated rings. The van der Waals surface area contributed by atoms with E-state index in [1.54, 1.807) is 12.3 Å². The molecule has 0 unspecified atom stereocenters.